The summed E-state index contributed by atoms with van der Waals surface area (Å²) < 4.78 is 36.2. The van der Waals surface area contributed by atoms with Crippen molar-refractivity contribution < 1.29 is 28.0 Å². The second kappa shape index (κ2) is 20.3. The van der Waals surface area contributed by atoms with Crippen LogP contribution in [0.15, 0.2) is 120 Å². The number of nitro groups is 1. The number of hydrogen-bond donors (Lipinski definition) is 4. The fraction of sp³-hybridized carbons (Fsp3) is 0.439. The number of nitro benzene ring substituents is 1. The molecule has 10 rings (SSSR count). The van der Waals surface area contributed by atoms with E-state index >= 15 is 0 Å². The number of nitrogens with one attached hydrogen (secondary N) is 3. The fourth-order valence-corrected chi connectivity index (χ4v) is 13.1. The Balaban J connectivity index is 0.833. The number of pyridine rings is 1. The van der Waals surface area contributed by atoms with Crippen molar-refractivity contribution in [2.24, 2.45) is 17.3 Å². The molecule has 4 N–H and O–H groups in total. The molecule has 6 aromatic rings. The first-order valence-corrected chi connectivity index (χ1v) is 27.3. The van der Waals surface area contributed by atoms with E-state index in [0.29, 0.717) is 54.7 Å². The lowest BCUT2D eigenvalue weighted by atomic mass is 9.59. The van der Waals surface area contributed by atoms with Gasteiger partial charge in [-0.05, 0) is 160 Å². The van der Waals surface area contributed by atoms with Gasteiger partial charge in [-0.3, -0.25) is 19.8 Å². The molecule has 2 aromatic heterocycles. The average molecular weight is 994 g/mol. The number of carbonyl (C=O) groups excluding carboxylic acids is 1. The molecular weight excluding hydrogens is 927 g/mol. The van der Waals surface area contributed by atoms with Gasteiger partial charge in [0.1, 0.15) is 22.8 Å². The lowest BCUT2D eigenvalue weighted by Gasteiger charge is -2.58. The first-order chi connectivity index (χ1) is 34.6. The van der Waals surface area contributed by atoms with Crippen LogP contribution < -0.4 is 19.7 Å². The van der Waals surface area contributed by atoms with Gasteiger partial charge < -0.3 is 25.0 Å². The molecule has 4 fully saturated rings. The monoisotopic (exact) mass is 993 g/mol. The molecule has 4 aliphatic rings. The molecule has 2 aliphatic carbocycles. The maximum Gasteiger partial charge on any atom is 0.293 e. The summed E-state index contributed by atoms with van der Waals surface area (Å²) in [6.07, 6.45) is 14.0. The SMILES string of the molecule is CC(C)c1ccccc1C1CC(Cc2ccccc2)CCN1C1CC2(CCN(c3ccc(C(=O)NS(=O)(=O)c4ccc(NC[C@H]5CC[C@](C)(O)CC5)c([N+](=O)[O-])c4)c(Oc4cnc5[nH]ccc5c4)c3)CC2)C1. The molecule has 1 spiro atoms. The normalized spacial score (nSPS) is 22.7. The molecule has 1 amide bonds. The van der Waals surface area contributed by atoms with Crippen molar-refractivity contribution in [3.05, 3.63) is 148 Å². The Morgan fingerprint density at radius 1 is 0.917 bits per heavy atom. The number of aromatic amines is 1. The van der Waals surface area contributed by atoms with Gasteiger partial charge in [-0.2, -0.15) is 0 Å². The third-order valence-corrected chi connectivity index (χ3v) is 17.7. The van der Waals surface area contributed by atoms with Crippen LogP contribution in [0, 0.1) is 27.4 Å². The highest BCUT2D eigenvalue weighted by molar-refractivity contribution is 7.90. The van der Waals surface area contributed by atoms with E-state index in [-0.39, 0.29) is 28.3 Å². The number of aliphatic hydroxyl groups is 1. The van der Waals surface area contributed by atoms with Crippen LogP contribution in [0.25, 0.3) is 11.0 Å². The third-order valence-electron chi connectivity index (χ3n) is 16.4. The van der Waals surface area contributed by atoms with Gasteiger partial charge in [0.2, 0.25) is 0 Å². The number of piperidine rings is 2. The van der Waals surface area contributed by atoms with Gasteiger partial charge in [0.25, 0.3) is 21.6 Å². The van der Waals surface area contributed by atoms with Crippen LogP contribution in [0.3, 0.4) is 0 Å². The molecule has 0 radical (unpaired) electrons. The first-order valence-electron chi connectivity index (χ1n) is 25.8. The number of carbonyl (C=O) groups is 1. The number of nitrogens with zero attached hydrogens (tertiary/aromatic N) is 4. The highest BCUT2D eigenvalue weighted by atomic mass is 32.2. The predicted octanol–water partition coefficient (Wildman–Crippen LogP) is 11.3. The molecule has 0 bridgehead atoms. The number of H-pyrrole nitrogens is 1. The van der Waals surface area contributed by atoms with E-state index in [0.717, 1.165) is 75.3 Å². The summed E-state index contributed by atoms with van der Waals surface area (Å²) >= 11 is 0. The van der Waals surface area contributed by atoms with Gasteiger partial charge in [0.15, 0.2) is 0 Å². The Bertz CT molecular complexity index is 3020. The second-order valence-corrected chi connectivity index (χ2v) is 23.4. The highest BCUT2D eigenvalue weighted by Crippen LogP contribution is 2.54. The Labute approximate surface area is 422 Å². The van der Waals surface area contributed by atoms with Gasteiger partial charge in [-0.15, -0.1) is 0 Å². The summed E-state index contributed by atoms with van der Waals surface area (Å²) in [6, 6.07) is 33.4. The lowest BCUT2D eigenvalue weighted by molar-refractivity contribution is -0.384. The fourth-order valence-electron chi connectivity index (χ4n) is 12.1. The van der Waals surface area contributed by atoms with Crippen molar-refractivity contribution in [3.8, 4) is 11.5 Å². The summed E-state index contributed by atoms with van der Waals surface area (Å²) in [5.74, 6) is 0.866. The van der Waals surface area contributed by atoms with Crippen molar-refractivity contribution in [2.75, 3.05) is 36.4 Å². The molecule has 4 aromatic carbocycles. The van der Waals surface area contributed by atoms with Crippen molar-refractivity contribution in [1.29, 1.82) is 0 Å². The maximum atomic E-state index is 14.1. The molecule has 2 saturated heterocycles. The van der Waals surface area contributed by atoms with Gasteiger partial charge in [0.05, 0.1) is 27.2 Å². The second-order valence-electron chi connectivity index (χ2n) is 21.7. The number of fused-ring (bicyclic) bond motifs is 1. The predicted molar refractivity (Wildman–Crippen MR) is 281 cm³/mol. The maximum absolute atomic E-state index is 14.1. The quantitative estimate of drug-likeness (QED) is 0.0567. The number of sulfonamides is 1. The molecule has 2 aliphatic heterocycles. The van der Waals surface area contributed by atoms with Crippen LogP contribution in [-0.4, -0.2) is 77.0 Å². The molecule has 4 heterocycles. The van der Waals surface area contributed by atoms with Crippen molar-refractivity contribution in [1.82, 2.24) is 19.6 Å². The lowest BCUT2D eigenvalue weighted by Crippen LogP contribution is -2.57. The molecule has 72 heavy (non-hydrogen) atoms. The van der Waals surface area contributed by atoms with E-state index in [2.05, 4.69) is 98.3 Å². The van der Waals surface area contributed by atoms with Crippen LogP contribution in [-0.2, 0) is 16.4 Å². The van der Waals surface area contributed by atoms with Crippen LogP contribution in [0.5, 0.6) is 11.5 Å². The van der Waals surface area contributed by atoms with Crippen molar-refractivity contribution >= 4 is 44.0 Å². The van der Waals surface area contributed by atoms with E-state index in [1.165, 1.54) is 48.1 Å². The minimum absolute atomic E-state index is 0.0211. The Morgan fingerprint density at radius 3 is 2.42 bits per heavy atom. The summed E-state index contributed by atoms with van der Waals surface area (Å²) in [4.78, 5) is 38.0. The highest BCUT2D eigenvalue weighted by Gasteiger charge is 2.50. The van der Waals surface area contributed by atoms with E-state index in [1.54, 1.807) is 30.6 Å². The molecule has 378 valence electrons. The van der Waals surface area contributed by atoms with Gasteiger partial charge in [0, 0.05) is 61.1 Å². The van der Waals surface area contributed by atoms with Crippen molar-refractivity contribution in [3.63, 3.8) is 0 Å². The largest absolute Gasteiger partial charge is 0.455 e. The molecular formula is C57H67N7O7S. The van der Waals surface area contributed by atoms with Gasteiger partial charge >= 0.3 is 0 Å². The average Bonchev–Trinajstić information content (AvgIpc) is 3.84. The summed E-state index contributed by atoms with van der Waals surface area (Å²) in [5, 5.41) is 26.5. The zero-order valence-electron chi connectivity index (χ0n) is 41.6. The van der Waals surface area contributed by atoms with E-state index in [9.17, 15) is 28.4 Å². The number of likely N-dealkylation sites (tertiary alicyclic amines) is 1. The molecule has 15 heteroatoms. The summed E-state index contributed by atoms with van der Waals surface area (Å²) in [6.45, 7) is 9.64. The number of benzene rings is 4. The zero-order valence-corrected chi connectivity index (χ0v) is 42.4. The molecule has 2 atom stereocenters. The minimum Gasteiger partial charge on any atom is -0.455 e. The summed E-state index contributed by atoms with van der Waals surface area (Å²) in [7, 11) is -4.58. The van der Waals surface area contributed by atoms with Gasteiger partial charge in [-0.25, -0.2) is 18.1 Å². The Hall–Kier alpha value is -6.29. The van der Waals surface area contributed by atoms with Crippen LogP contribution in [0.4, 0.5) is 17.1 Å². The zero-order chi connectivity index (χ0) is 50.2. The summed E-state index contributed by atoms with van der Waals surface area (Å²) in [5.41, 5.74) is 5.17. The first kappa shape index (κ1) is 49.3. The topological polar surface area (TPSA) is 183 Å². The molecule has 14 nitrogen and oxygen atoms in total. The number of anilines is 2. The molecule has 2 unspecified atom stereocenters. The van der Waals surface area contributed by atoms with Gasteiger partial charge in [-0.1, -0.05) is 68.4 Å². The van der Waals surface area contributed by atoms with E-state index < -0.39 is 37.0 Å². The minimum atomic E-state index is -4.58. The Morgan fingerprint density at radius 2 is 1.67 bits per heavy atom. The van der Waals surface area contributed by atoms with Crippen LogP contribution in [0.2, 0.25) is 0 Å². The number of amides is 1. The number of rotatable bonds is 15. The van der Waals surface area contributed by atoms with Crippen molar-refractivity contribution in [2.45, 2.75) is 120 Å². The van der Waals surface area contributed by atoms with E-state index in [1.807, 2.05) is 19.1 Å². The Kier molecular flexibility index (Phi) is 13.9. The number of aromatic nitrogens is 2. The number of ether oxygens (including phenoxy) is 1. The molecule has 2 saturated carbocycles. The third kappa shape index (κ3) is 10.7. The van der Waals surface area contributed by atoms with Crippen LogP contribution in [0.1, 0.15) is 124 Å². The smallest absolute Gasteiger partial charge is 0.293 e. The standard InChI is InChI=1S/C57H67N7O7S/c1-38(2)47-11-7-8-12-48(47)51-30-41(29-39-9-5-4-6-10-39)20-26-63(51)44-34-57(35-44)23-27-62(28-24-57)43-13-15-49(53(32-43)71-45-31-42-19-25-58-54(42)60-37-45)55(65)61-72(69,70)46-14-16-50(52(33-46)64(67)68)59-36-40-17-21-56(3,66)22-18-40/h4-16,19,25,31-33,37-38,40-41,44,51,59,66H,17-18,20-24,26-30,34-36H2,1-3H3,(H,58,60)(H,61,65)/t40-,41?,51?,56-. The van der Waals surface area contributed by atoms with Crippen LogP contribution >= 0.6 is 0 Å². The van der Waals surface area contributed by atoms with E-state index in [4.69, 9.17) is 4.74 Å². The number of hydrogen-bond acceptors (Lipinski definition) is 11.